The molecule has 1 saturated carbocycles. The minimum Gasteiger partial charge on any atom is -0.389 e. The molecule has 19 heavy (non-hydrogen) atoms. The average Bonchev–Trinajstić information content (AvgIpc) is 2.79. The summed E-state index contributed by atoms with van der Waals surface area (Å²) in [6.07, 6.45) is 6.20. The number of aliphatic hydroxyl groups excluding tert-OH is 1. The summed E-state index contributed by atoms with van der Waals surface area (Å²) in [6, 6.07) is 0.888. The van der Waals surface area contributed by atoms with Crippen LogP contribution in [-0.2, 0) is 0 Å². The molecule has 0 unspecified atom stereocenters. The topological polar surface area (TPSA) is 47.0 Å². The summed E-state index contributed by atoms with van der Waals surface area (Å²) >= 11 is 0. The molecular formula is C14H25N3O2. The number of likely N-dealkylation sites (tertiary alicyclic amines) is 1. The minimum atomic E-state index is -0.300. The number of nitrogens with zero attached hydrogens (tertiary/aromatic N) is 3. The lowest BCUT2D eigenvalue weighted by atomic mass is 10.2. The average molecular weight is 267 g/mol. The van der Waals surface area contributed by atoms with E-state index in [0.717, 1.165) is 38.6 Å². The molecule has 0 radical (unpaired) electrons. The van der Waals surface area contributed by atoms with E-state index in [-0.39, 0.29) is 12.1 Å². The van der Waals surface area contributed by atoms with Crippen LogP contribution in [-0.4, -0.2) is 77.3 Å². The Morgan fingerprint density at radius 2 is 1.63 bits per heavy atom. The van der Waals surface area contributed by atoms with Crippen LogP contribution in [0.3, 0.4) is 0 Å². The van der Waals surface area contributed by atoms with Gasteiger partial charge >= 0.3 is 6.03 Å². The van der Waals surface area contributed by atoms with E-state index in [1.807, 2.05) is 4.90 Å². The fourth-order valence-electron chi connectivity index (χ4n) is 3.57. The van der Waals surface area contributed by atoms with Crippen LogP contribution >= 0.6 is 0 Å². The minimum absolute atomic E-state index is 0.124. The Bertz CT molecular complexity index is 325. The largest absolute Gasteiger partial charge is 0.389 e. The normalized spacial score (nSPS) is 27.4. The summed E-state index contributed by atoms with van der Waals surface area (Å²) in [6.45, 7) is 4.91. The van der Waals surface area contributed by atoms with E-state index in [1.54, 1.807) is 4.90 Å². The molecule has 0 aromatic heterocycles. The number of hydrogen-bond donors (Lipinski definition) is 1. The molecule has 0 spiro atoms. The molecule has 1 N–H and O–H groups in total. The number of β-amino-alcohol motifs (C(OH)–C–C–N with tert-alkyl or cyclic N) is 1. The van der Waals surface area contributed by atoms with Gasteiger partial charge in [0.1, 0.15) is 0 Å². The van der Waals surface area contributed by atoms with Crippen LogP contribution < -0.4 is 0 Å². The van der Waals surface area contributed by atoms with Crippen molar-refractivity contribution in [3.05, 3.63) is 0 Å². The van der Waals surface area contributed by atoms with Crippen molar-refractivity contribution in [2.75, 3.05) is 39.3 Å². The molecule has 0 bridgehead atoms. The maximum absolute atomic E-state index is 12.2. The molecule has 0 atom stereocenters. The van der Waals surface area contributed by atoms with Crippen LogP contribution in [0.5, 0.6) is 0 Å². The third-order valence-corrected chi connectivity index (χ3v) is 4.77. The van der Waals surface area contributed by atoms with Crippen molar-refractivity contribution < 1.29 is 9.90 Å². The second-order valence-electron chi connectivity index (χ2n) is 6.16. The molecule has 1 aliphatic carbocycles. The fraction of sp³-hybridized carbons (Fsp3) is 0.929. The van der Waals surface area contributed by atoms with Crippen LogP contribution in [0.4, 0.5) is 4.79 Å². The van der Waals surface area contributed by atoms with Gasteiger partial charge in [-0.3, -0.25) is 4.90 Å². The van der Waals surface area contributed by atoms with Crippen molar-refractivity contribution in [1.82, 2.24) is 14.7 Å². The first-order chi connectivity index (χ1) is 9.24. The number of amides is 2. The summed E-state index contributed by atoms with van der Waals surface area (Å²) in [5.41, 5.74) is 0. The molecule has 2 saturated heterocycles. The molecule has 2 aliphatic heterocycles. The quantitative estimate of drug-likeness (QED) is 0.762. The van der Waals surface area contributed by atoms with Crippen LogP contribution in [0.15, 0.2) is 0 Å². The van der Waals surface area contributed by atoms with Gasteiger partial charge in [-0.25, -0.2) is 4.79 Å². The number of rotatable bonds is 1. The Hall–Kier alpha value is -0.810. The molecule has 3 aliphatic rings. The molecule has 2 amide bonds. The van der Waals surface area contributed by atoms with Gasteiger partial charge in [-0.2, -0.15) is 0 Å². The zero-order valence-electron chi connectivity index (χ0n) is 11.6. The number of carbonyl (C=O) groups is 1. The molecule has 108 valence electrons. The Kier molecular flexibility index (Phi) is 3.93. The van der Waals surface area contributed by atoms with Crippen molar-refractivity contribution >= 4 is 6.03 Å². The Labute approximate surface area is 115 Å². The van der Waals surface area contributed by atoms with Crippen LogP contribution in [0.25, 0.3) is 0 Å². The van der Waals surface area contributed by atoms with E-state index in [0.29, 0.717) is 13.1 Å². The number of aliphatic hydroxyl groups is 1. The van der Waals surface area contributed by atoms with E-state index in [1.165, 1.54) is 25.7 Å². The van der Waals surface area contributed by atoms with Gasteiger partial charge in [0.2, 0.25) is 0 Å². The molecule has 0 aromatic rings. The molecule has 5 nitrogen and oxygen atoms in total. The smallest absolute Gasteiger partial charge is 0.320 e. The highest BCUT2D eigenvalue weighted by atomic mass is 16.3. The highest BCUT2D eigenvalue weighted by Gasteiger charge is 2.33. The van der Waals surface area contributed by atoms with E-state index in [2.05, 4.69) is 4.90 Å². The van der Waals surface area contributed by atoms with Gasteiger partial charge in [0.15, 0.2) is 0 Å². The maximum atomic E-state index is 12.2. The maximum Gasteiger partial charge on any atom is 0.320 e. The summed E-state index contributed by atoms with van der Waals surface area (Å²) < 4.78 is 0. The zero-order valence-corrected chi connectivity index (χ0v) is 11.6. The predicted molar refractivity (Wildman–Crippen MR) is 73.0 cm³/mol. The molecule has 0 aromatic carbocycles. The molecule has 5 heteroatoms. The highest BCUT2D eigenvalue weighted by Crippen LogP contribution is 2.24. The molecule has 2 heterocycles. The summed E-state index contributed by atoms with van der Waals surface area (Å²) in [4.78, 5) is 18.6. The monoisotopic (exact) mass is 267 g/mol. The first kappa shape index (κ1) is 13.2. The second-order valence-corrected chi connectivity index (χ2v) is 6.16. The number of urea groups is 1. The highest BCUT2D eigenvalue weighted by molar-refractivity contribution is 5.75. The van der Waals surface area contributed by atoms with Crippen molar-refractivity contribution in [1.29, 1.82) is 0 Å². The number of carbonyl (C=O) groups excluding carboxylic acids is 1. The second kappa shape index (κ2) is 5.67. The third-order valence-electron chi connectivity index (χ3n) is 4.77. The van der Waals surface area contributed by atoms with Gasteiger partial charge in [0, 0.05) is 32.2 Å². The van der Waals surface area contributed by atoms with Gasteiger partial charge in [0.25, 0.3) is 0 Å². The lowest BCUT2D eigenvalue weighted by molar-refractivity contribution is 0.0152. The first-order valence-corrected chi connectivity index (χ1v) is 7.70. The van der Waals surface area contributed by atoms with Crippen LogP contribution in [0, 0.1) is 0 Å². The Morgan fingerprint density at radius 1 is 0.895 bits per heavy atom. The predicted octanol–water partition coefficient (Wildman–Crippen LogP) is 0.733. The van der Waals surface area contributed by atoms with Gasteiger partial charge in [-0.15, -0.1) is 0 Å². The van der Waals surface area contributed by atoms with E-state index in [9.17, 15) is 9.90 Å². The van der Waals surface area contributed by atoms with Gasteiger partial charge in [-0.1, -0.05) is 12.8 Å². The van der Waals surface area contributed by atoms with Crippen molar-refractivity contribution in [2.24, 2.45) is 0 Å². The zero-order chi connectivity index (χ0) is 13.2. The number of hydrogen-bond acceptors (Lipinski definition) is 3. The summed E-state index contributed by atoms with van der Waals surface area (Å²) in [5.74, 6) is 0. The SMILES string of the molecule is O=C(N1CCCN(C2CCCC2)CC1)N1CC(O)C1. The van der Waals surface area contributed by atoms with Gasteiger partial charge in [0.05, 0.1) is 19.2 Å². The lowest BCUT2D eigenvalue weighted by Gasteiger charge is -2.39. The summed E-state index contributed by atoms with van der Waals surface area (Å²) in [7, 11) is 0. The van der Waals surface area contributed by atoms with Crippen molar-refractivity contribution in [3.63, 3.8) is 0 Å². The van der Waals surface area contributed by atoms with E-state index >= 15 is 0 Å². The van der Waals surface area contributed by atoms with Crippen molar-refractivity contribution in [2.45, 2.75) is 44.2 Å². The first-order valence-electron chi connectivity index (χ1n) is 7.70. The van der Waals surface area contributed by atoms with Crippen LogP contribution in [0.1, 0.15) is 32.1 Å². The summed E-state index contributed by atoms with van der Waals surface area (Å²) in [5, 5.41) is 9.29. The molecule has 3 rings (SSSR count). The molecule has 3 fully saturated rings. The van der Waals surface area contributed by atoms with Crippen LogP contribution in [0.2, 0.25) is 0 Å². The van der Waals surface area contributed by atoms with Gasteiger partial charge < -0.3 is 14.9 Å². The molecular weight excluding hydrogens is 242 g/mol. The Morgan fingerprint density at radius 3 is 2.32 bits per heavy atom. The van der Waals surface area contributed by atoms with Gasteiger partial charge in [-0.05, 0) is 19.3 Å². The van der Waals surface area contributed by atoms with E-state index < -0.39 is 0 Å². The lowest BCUT2D eigenvalue weighted by Crippen LogP contribution is -2.58. The van der Waals surface area contributed by atoms with Crippen molar-refractivity contribution in [3.8, 4) is 0 Å². The van der Waals surface area contributed by atoms with E-state index in [4.69, 9.17) is 0 Å². The Balaban J connectivity index is 1.50. The standard InChI is InChI=1S/C14H25N3O2/c18-13-10-17(11-13)14(19)16-7-3-6-15(8-9-16)12-4-1-2-5-12/h12-13,18H,1-11H2. The fourth-order valence-corrected chi connectivity index (χ4v) is 3.57. The third kappa shape index (κ3) is 2.87.